The van der Waals surface area contributed by atoms with E-state index in [0.29, 0.717) is 6.54 Å². The molecule has 1 aliphatic carbocycles. The topological polar surface area (TPSA) is 75.7 Å². The fraction of sp³-hybridized carbons (Fsp3) is 0.632. The number of sulfone groups is 1. The van der Waals surface area contributed by atoms with Gasteiger partial charge in [-0.1, -0.05) is 25.0 Å². The van der Waals surface area contributed by atoms with Crippen molar-refractivity contribution in [1.82, 2.24) is 5.32 Å². The maximum absolute atomic E-state index is 12.2. The van der Waals surface area contributed by atoms with Gasteiger partial charge in [0.25, 0.3) is 0 Å². The van der Waals surface area contributed by atoms with Gasteiger partial charge >= 0.3 is 0 Å². The van der Waals surface area contributed by atoms with Gasteiger partial charge in [0, 0.05) is 31.7 Å². The Balaban J connectivity index is 1.42. The van der Waals surface area contributed by atoms with Gasteiger partial charge in [-0.15, -0.1) is 0 Å². The van der Waals surface area contributed by atoms with Crippen LogP contribution in [0.15, 0.2) is 24.3 Å². The molecule has 7 heteroatoms. The van der Waals surface area contributed by atoms with Crippen molar-refractivity contribution in [3.05, 3.63) is 29.8 Å². The summed E-state index contributed by atoms with van der Waals surface area (Å²) in [6, 6.07) is 8.11. The van der Waals surface area contributed by atoms with Crippen LogP contribution in [0.4, 0.5) is 5.69 Å². The van der Waals surface area contributed by atoms with Crippen LogP contribution in [0.1, 0.15) is 37.7 Å². The van der Waals surface area contributed by atoms with Crippen LogP contribution in [-0.2, 0) is 25.9 Å². The Hall–Kier alpha value is -1.60. The van der Waals surface area contributed by atoms with Crippen LogP contribution >= 0.6 is 0 Å². The normalized spacial score (nSPS) is 18.8. The second kappa shape index (κ2) is 8.86. The zero-order valence-corrected chi connectivity index (χ0v) is 16.0. The standard InChI is InChI=1S/C19H28N2O4S/c22-19(9-14-26(23,24)18-3-1-2-4-18)20-15-16-5-7-17(8-6-16)21-10-12-25-13-11-21/h5-8,18H,1-4,9-15H2,(H,20,22). The molecule has 0 aromatic heterocycles. The Labute approximate surface area is 155 Å². The molecule has 1 heterocycles. The zero-order valence-electron chi connectivity index (χ0n) is 15.2. The highest BCUT2D eigenvalue weighted by Crippen LogP contribution is 2.25. The van der Waals surface area contributed by atoms with E-state index in [2.05, 4.69) is 22.3 Å². The highest BCUT2D eigenvalue weighted by Gasteiger charge is 2.28. The molecule has 1 saturated heterocycles. The van der Waals surface area contributed by atoms with Crippen molar-refractivity contribution in [2.24, 2.45) is 0 Å². The summed E-state index contributed by atoms with van der Waals surface area (Å²) < 4.78 is 29.8. The number of carbonyl (C=O) groups excluding carboxylic acids is 1. The van der Waals surface area contributed by atoms with Gasteiger partial charge < -0.3 is 15.0 Å². The van der Waals surface area contributed by atoms with Crippen molar-refractivity contribution in [3.8, 4) is 0 Å². The van der Waals surface area contributed by atoms with E-state index in [0.717, 1.165) is 63.2 Å². The third-order valence-electron chi connectivity index (χ3n) is 5.23. The highest BCUT2D eigenvalue weighted by molar-refractivity contribution is 7.92. The summed E-state index contributed by atoms with van der Waals surface area (Å²) in [5, 5.41) is 2.59. The number of ether oxygens (including phenoxy) is 1. The van der Waals surface area contributed by atoms with Crippen molar-refractivity contribution < 1.29 is 17.9 Å². The minimum atomic E-state index is -3.13. The lowest BCUT2D eigenvalue weighted by Crippen LogP contribution is -2.36. The Morgan fingerprint density at radius 2 is 1.77 bits per heavy atom. The third-order valence-corrected chi connectivity index (χ3v) is 7.49. The Morgan fingerprint density at radius 1 is 1.12 bits per heavy atom. The van der Waals surface area contributed by atoms with Gasteiger partial charge in [-0.25, -0.2) is 8.42 Å². The number of nitrogens with one attached hydrogen (secondary N) is 1. The van der Waals surface area contributed by atoms with Crippen LogP contribution in [0.3, 0.4) is 0 Å². The van der Waals surface area contributed by atoms with E-state index in [1.165, 1.54) is 0 Å². The molecule has 26 heavy (non-hydrogen) atoms. The Kier molecular flexibility index (Phi) is 6.53. The monoisotopic (exact) mass is 380 g/mol. The van der Waals surface area contributed by atoms with Gasteiger partial charge in [-0.3, -0.25) is 4.79 Å². The Bertz CT molecular complexity index is 691. The molecule has 0 radical (unpaired) electrons. The number of rotatable bonds is 7. The van der Waals surface area contributed by atoms with Gasteiger partial charge in [0.1, 0.15) is 0 Å². The molecule has 1 aromatic rings. The first-order valence-electron chi connectivity index (χ1n) is 9.44. The number of hydrogen-bond donors (Lipinski definition) is 1. The summed E-state index contributed by atoms with van der Waals surface area (Å²) in [5.41, 5.74) is 2.17. The molecule has 0 spiro atoms. The second-order valence-electron chi connectivity index (χ2n) is 7.07. The summed E-state index contributed by atoms with van der Waals surface area (Å²) in [6.45, 7) is 3.71. The van der Waals surface area contributed by atoms with Crippen molar-refractivity contribution in [1.29, 1.82) is 0 Å². The van der Waals surface area contributed by atoms with Crippen molar-refractivity contribution in [3.63, 3.8) is 0 Å². The predicted octanol–water partition coefficient (Wildman–Crippen LogP) is 1.89. The molecule has 1 aliphatic heterocycles. The summed E-state index contributed by atoms with van der Waals surface area (Å²) in [5.74, 6) is -0.247. The number of hydrogen-bond acceptors (Lipinski definition) is 5. The lowest BCUT2D eigenvalue weighted by atomic mass is 10.2. The number of carbonyl (C=O) groups is 1. The van der Waals surface area contributed by atoms with Gasteiger partial charge in [0.15, 0.2) is 9.84 Å². The molecule has 3 rings (SSSR count). The van der Waals surface area contributed by atoms with Crippen molar-refractivity contribution in [2.45, 2.75) is 43.9 Å². The minimum absolute atomic E-state index is 0.0422. The molecule has 0 bridgehead atoms. The van der Waals surface area contributed by atoms with E-state index < -0.39 is 9.84 Å². The predicted molar refractivity (Wildman–Crippen MR) is 102 cm³/mol. The number of nitrogens with zero attached hydrogens (tertiary/aromatic N) is 1. The third kappa shape index (κ3) is 5.20. The quantitative estimate of drug-likeness (QED) is 0.782. The lowest BCUT2D eigenvalue weighted by Gasteiger charge is -2.28. The van der Waals surface area contributed by atoms with Crippen LogP contribution in [0.2, 0.25) is 0 Å². The molecular formula is C19H28N2O4S. The minimum Gasteiger partial charge on any atom is -0.378 e. The first-order chi connectivity index (χ1) is 12.5. The molecule has 0 atom stereocenters. The largest absolute Gasteiger partial charge is 0.378 e. The number of benzene rings is 1. The first-order valence-corrected chi connectivity index (χ1v) is 11.2. The summed E-state index contributed by atoms with van der Waals surface area (Å²) in [6.07, 6.45) is 3.51. The smallest absolute Gasteiger partial charge is 0.221 e. The molecule has 1 saturated carbocycles. The lowest BCUT2D eigenvalue weighted by molar-refractivity contribution is -0.120. The van der Waals surface area contributed by atoms with Crippen LogP contribution in [0, 0.1) is 0 Å². The zero-order chi connectivity index (χ0) is 18.4. The second-order valence-corrected chi connectivity index (χ2v) is 9.47. The average molecular weight is 381 g/mol. The van der Waals surface area contributed by atoms with E-state index in [-0.39, 0.29) is 23.3 Å². The fourth-order valence-corrected chi connectivity index (χ4v) is 5.44. The van der Waals surface area contributed by atoms with Crippen LogP contribution in [0.5, 0.6) is 0 Å². The van der Waals surface area contributed by atoms with E-state index >= 15 is 0 Å². The SMILES string of the molecule is O=C(CCS(=O)(=O)C1CCCC1)NCc1ccc(N2CCOCC2)cc1. The van der Waals surface area contributed by atoms with E-state index in [1.54, 1.807) is 0 Å². The van der Waals surface area contributed by atoms with Gasteiger partial charge in [-0.2, -0.15) is 0 Å². The average Bonchev–Trinajstić information content (AvgIpc) is 3.22. The molecule has 144 valence electrons. The molecule has 2 fully saturated rings. The van der Waals surface area contributed by atoms with E-state index in [9.17, 15) is 13.2 Å². The van der Waals surface area contributed by atoms with E-state index in [1.807, 2.05) is 12.1 Å². The molecule has 1 N–H and O–H groups in total. The van der Waals surface area contributed by atoms with Gasteiger partial charge in [-0.05, 0) is 30.5 Å². The maximum Gasteiger partial charge on any atom is 0.221 e. The number of amides is 1. The molecule has 0 unspecified atom stereocenters. The van der Waals surface area contributed by atoms with E-state index in [4.69, 9.17) is 4.74 Å². The molecule has 2 aliphatic rings. The molecule has 6 nitrogen and oxygen atoms in total. The summed E-state index contributed by atoms with van der Waals surface area (Å²) in [7, 11) is -3.13. The molecular weight excluding hydrogens is 352 g/mol. The van der Waals surface area contributed by atoms with Crippen molar-refractivity contribution in [2.75, 3.05) is 37.0 Å². The van der Waals surface area contributed by atoms with Crippen LogP contribution in [-0.4, -0.2) is 51.6 Å². The summed E-state index contributed by atoms with van der Waals surface area (Å²) >= 11 is 0. The van der Waals surface area contributed by atoms with Gasteiger partial charge in [0.05, 0.1) is 24.2 Å². The summed E-state index contributed by atoms with van der Waals surface area (Å²) in [4.78, 5) is 14.3. The Morgan fingerprint density at radius 3 is 2.42 bits per heavy atom. The van der Waals surface area contributed by atoms with Crippen molar-refractivity contribution >= 4 is 21.4 Å². The fourth-order valence-electron chi connectivity index (χ4n) is 3.58. The van der Waals surface area contributed by atoms with Crippen LogP contribution in [0.25, 0.3) is 0 Å². The highest BCUT2D eigenvalue weighted by atomic mass is 32.2. The molecule has 1 aromatic carbocycles. The molecule has 1 amide bonds. The van der Waals surface area contributed by atoms with Crippen LogP contribution < -0.4 is 10.2 Å². The number of anilines is 1. The first kappa shape index (κ1) is 19.2. The number of morpholine rings is 1. The van der Waals surface area contributed by atoms with Gasteiger partial charge in [0.2, 0.25) is 5.91 Å². The maximum atomic E-state index is 12.2.